The van der Waals surface area contributed by atoms with Gasteiger partial charge < -0.3 is 18.9 Å². The fraction of sp³-hybridized carbons (Fsp3) is 0.592. The van der Waals surface area contributed by atoms with Gasteiger partial charge in [-0.25, -0.2) is 9.59 Å². The lowest BCUT2D eigenvalue weighted by Gasteiger charge is -2.13. The van der Waals surface area contributed by atoms with Gasteiger partial charge in [0.1, 0.15) is 23.0 Å². The second-order valence-corrected chi connectivity index (χ2v) is 15.2. The fourth-order valence-electron chi connectivity index (χ4n) is 6.84. The van der Waals surface area contributed by atoms with Crippen LogP contribution in [0.4, 0.5) is 0 Å². The van der Waals surface area contributed by atoms with Gasteiger partial charge in [-0.3, -0.25) is 0 Å². The van der Waals surface area contributed by atoms with E-state index in [1.165, 1.54) is 135 Å². The summed E-state index contributed by atoms with van der Waals surface area (Å²) in [5.41, 5.74) is 1.57. The summed E-state index contributed by atoms with van der Waals surface area (Å²) >= 11 is 0. The van der Waals surface area contributed by atoms with Gasteiger partial charge in [0.2, 0.25) is 0 Å². The molecule has 0 bridgehead atoms. The normalized spacial score (nSPS) is 11.0. The van der Waals surface area contributed by atoms with Gasteiger partial charge in [0, 0.05) is 5.56 Å². The van der Waals surface area contributed by atoms with E-state index in [0.717, 1.165) is 30.6 Å². The molecule has 0 radical (unpaired) electrons. The summed E-state index contributed by atoms with van der Waals surface area (Å²) in [6.07, 6.45) is 31.4. The van der Waals surface area contributed by atoms with E-state index in [4.69, 9.17) is 18.9 Å². The smallest absolute Gasteiger partial charge is 0.343 e. The predicted octanol–water partition coefficient (Wildman–Crippen LogP) is 14.6. The van der Waals surface area contributed by atoms with Crippen LogP contribution in [0, 0.1) is 6.92 Å². The van der Waals surface area contributed by atoms with Gasteiger partial charge in [-0.2, -0.15) is 0 Å². The fourth-order valence-corrected chi connectivity index (χ4v) is 6.84. The highest BCUT2D eigenvalue weighted by Crippen LogP contribution is 2.25. The number of rotatable bonds is 32. The van der Waals surface area contributed by atoms with Gasteiger partial charge in [-0.05, 0) is 80.4 Å². The average Bonchev–Trinajstić information content (AvgIpc) is 3.19. The van der Waals surface area contributed by atoms with Crippen molar-refractivity contribution in [2.75, 3.05) is 13.2 Å². The van der Waals surface area contributed by atoms with Gasteiger partial charge in [0.25, 0.3) is 0 Å². The van der Waals surface area contributed by atoms with Crippen molar-refractivity contribution in [2.45, 2.75) is 175 Å². The van der Waals surface area contributed by atoms with Crippen molar-refractivity contribution in [1.82, 2.24) is 0 Å². The maximum Gasteiger partial charge on any atom is 0.343 e. The van der Waals surface area contributed by atoms with Crippen LogP contribution in [0.25, 0.3) is 0 Å². The molecular formula is C49H72O6. The minimum Gasteiger partial charge on any atom is -0.494 e. The third kappa shape index (κ3) is 20.1. The molecule has 0 fully saturated rings. The lowest BCUT2D eigenvalue weighted by Crippen LogP contribution is -2.12. The Bertz CT molecular complexity index is 1430. The summed E-state index contributed by atoms with van der Waals surface area (Å²) in [6.45, 7) is 7.73. The van der Waals surface area contributed by atoms with Crippen molar-refractivity contribution in [3.8, 4) is 23.0 Å². The number of esters is 2. The topological polar surface area (TPSA) is 71.1 Å². The molecule has 3 aromatic rings. The van der Waals surface area contributed by atoms with E-state index in [-0.39, 0.29) is 0 Å². The first-order valence-electron chi connectivity index (χ1n) is 22.0. The second kappa shape index (κ2) is 29.5. The van der Waals surface area contributed by atoms with Crippen molar-refractivity contribution >= 4 is 11.9 Å². The summed E-state index contributed by atoms with van der Waals surface area (Å²) in [5, 5.41) is 0. The Morgan fingerprint density at radius 3 is 1.27 bits per heavy atom. The highest BCUT2D eigenvalue weighted by Gasteiger charge is 2.16. The van der Waals surface area contributed by atoms with Gasteiger partial charge in [0.05, 0.1) is 24.3 Å². The molecule has 0 heterocycles. The first kappa shape index (κ1) is 45.6. The molecule has 3 rings (SSSR count). The van der Waals surface area contributed by atoms with Crippen LogP contribution in [0.1, 0.15) is 194 Å². The number of carbonyl (C=O) groups excluding carboxylic acids is 2. The highest BCUT2D eigenvalue weighted by atomic mass is 16.5. The molecule has 0 aliphatic rings. The lowest BCUT2D eigenvalue weighted by atomic mass is 10.1. The number of unbranched alkanes of at least 4 members (excludes halogenated alkanes) is 22. The number of benzene rings is 3. The van der Waals surface area contributed by atoms with E-state index >= 15 is 0 Å². The zero-order valence-corrected chi connectivity index (χ0v) is 34.7. The molecule has 3 aromatic carbocycles. The standard InChI is InChI=1S/C49H72O6/c1-4-6-8-10-12-14-16-18-20-22-24-26-39-52-43-35-37-45(38-36-43)54-48(50)42-31-33-44(34-32-42)55-49(51)46-29-28-30-47(41(46)3)53-40-27-25-23-21-19-17-15-13-11-9-7-5-2/h28-38H,4-27,39-40H2,1-3H3. The summed E-state index contributed by atoms with van der Waals surface area (Å²) in [4.78, 5) is 25.9. The van der Waals surface area contributed by atoms with Crippen LogP contribution in [-0.2, 0) is 0 Å². The van der Waals surface area contributed by atoms with Crippen molar-refractivity contribution in [2.24, 2.45) is 0 Å². The molecule has 0 amide bonds. The molecule has 0 aromatic heterocycles. The van der Waals surface area contributed by atoms with Gasteiger partial charge in [-0.15, -0.1) is 0 Å². The van der Waals surface area contributed by atoms with Crippen LogP contribution in [0.5, 0.6) is 23.0 Å². The van der Waals surface area contributed by atoms with Crippen LogP contribution >= 0.6 is 0 Å². The molecule has 0 N–H and O–H groups in total. The Balaban J connectivity index is 1.28. The van der Waals surface area contributed by atoms with Crippen molar-refractivity contribution < 1.29 is 28.5 Å². The molecule has 0 saturated heterocycles. The lowest BCUT2D eigenvalue weighted by molar-refractivity contribution is 0.0729. The molecule has 0 aliphatic carbocycles. The third-order valence-electron chi connectivity index (χ3n) is 10.4. The zero-order valence-electron chi connectivity index (χ0n) is 34.7. The first-order valence-corrected chi connectivity index (χ1v) is 22.0. The number of hydrogen-bond donors (Lipinski definition) is 0. The number of hydrogen-bond acceptors (Lipinski definition) is 6. The molecular weight excluding hydrogens is 685 g/mol. The van der Waals surface area contributed by atoms with Crippen molar-refractivity contribution in [3.05, 3.63) is 83.4 Å². The van der Waals surface area contributed by atoms with Gasteiger partial charge >= 0.3 is 11.9 Å². The van der Waals surface area contributed by atoms with Crippen LogP contribution < -0.4 is 18.9 Å². The number of ether oxygens (including phenoxy) is 4. The van der Waals surface area contributed by atoms with Crippen LogP contribution in [0.2, 0.25) is 0 Å². The molecule has 6 nitrogen and oxygen atoms in total. The van der Waals surface area contributed by atoms with Gasteiger partial charge in [0.15, 0.2) is 0 Å². The summed E-state index contributed by atoms with van der Waals surface area (Å²) < 4.78 is 23.2. The Hall–Kier alpha value is -3.80. The Kier molecular flexibility index (Phi) is 24.4. The minimum atomic E-state index is -0.489. The summed E-state index contributed by atoms with van der Waals surface area (Å²) in [5.74, 6) is 1.30. The van der Waals surface area contributed by atoms with Crippen molar-refractivity contribution in [3.63, 3.8) is 0 Å². The molecule has 0 spiro atoms. The molecule has 55 heavy (non-hydrogen) atoms. The summed E-state index contributed by atoms with van der Waals surface area (Å²) in [6, 6.07) is 19.0. The van der Waals surface area contributed by atoms with E-state index in [9.17, 15) is 9.59 Å². The van der Waals surface area contributed by atoms with Gasteiger partial charge in [-0.1, -0.05) is 161 Å². The van der Waals surface area contributed by atoms with Crippen LogP contribution in [-0.4, -0.2) is 25.2 Å². The maximum atomic E-state index is 13.1. The van der Waals surface area contributed by atoms with Crippen molar-refractivity contribution in [1.29, 1.82) is 0 Å². The molecule has 0 unspecified atom stereocenters. The second-order valence-electron chi connectivity index (χ2n) is 15.2. The zero-order chi connectivity index (χ0) is 39.2. The molecule has 0 atom stereocenters. The van der Waals surface area contributed by atoms with E-state index < -0.39 is 11.9 Å². The van der Waals surface area contributed by atoms with Crippen LogP contribution in [0.3, 0.4) is 0 Å². The SMILES string of the molecule is CCCCCCCCCCCCCCOc1ccc(OC(=O)c2ccc(OC(=O)c3cccc(OCCCCCCCCCCCCCC)c3C)cc2)cc1. The molecule has 6 heteroatoms. The highest BCUT2D eigenvalue weighted by molar-refractivity contribution is 5.94. The Labute approximate surface area is 334 Å². The quantitative estimate of drug-likeness (QED) is 0.0359. The monoisotopic (exact) mass is 757 g/mol. The Morgan fingerprint density at radius 1 is 0.418 bits per heavy atom. The Morgan fingerprint density at radius 2 is 0.800 bits per heavy atom. The van der Waals surface area contributed by atoms with E-state index in [0.29, 0.717) is 41.6 Å². The molecule has 0 saturated carbocycles. The molecule has 0 aliphatic heterocycles. The van der Waals surface area contributed by atoms with Crippen LogP contribution in [0.15, 0.2) is 66.7 Å². The van der Waals surface area contributed by atoms with E-state index in [2.05, 4.69) is 13.8 Å². The van der Waals surface area contributed by atoms with E-state index in [1.54, 1.807) is 42.5 Å². The summed E-state index contributed by atoms with van der Waals surface area (Å²) in [7, 11) is 0. The average molecular weight is 757 g/mol. The predicted molar refractivity (Wildman–Crippen MR) is 227 cm³/mol. The first-order chi connectivity index (χ1) is 27.0. The minimum absolute atomic E-state index is 0.346. The van der Waals surface area contributed by atoms with E-state index in [1.807, 2.05) is 31.2 Å². The molecule has 304 valence electrons. The largest absolute Gasteiger partial charge is 0.494 e. The maximum absolute atomic E-state index is 13.1. The third-order valence-corrected chi connectivity index (χ3v) is 10.4. The number of carbonyl (C=O) groups is 2.